The van der Waals surface area contributed by atoms with Gasteiger partial charge >= 0.3 is 0 Å². The van der Waals surface area contributed by atoms with Gasteiger partial charge in [0.15, 0.2) is 0 Å². The van der Waals surface area contributed by atoms with Crippen LogP contribution in [-0.2, 0) is 0 Å². The zero-order valence-electron chi connectivity index (χ0n) is 13.3. The summed E-state index contributed by atoms with van der Waals surface area (Å²) in [6.45, 7) is 11.1. The topological polar surface area (TPSA) is 15.3 Å². The van der Waals surface area contributed by atoms with Gasteiger partial charge < -0.3 is 5.32 Å². The fourth-order valence-corrected chi connectivity index (χ4v) is 3.96. The van der Waals surface area contributed by atoms with Gasteiger partial charge in [0.2, 0.25) is 0 Å². The van der Waals surface area contributed by atoms with E-state index in [1.807, 2.05) is 0 Å². The summed E-state index contributed by atoms with van der Waals surface area (Å²) in [5.41, 5.74) is 0. The van der Waals surface area contributed by atoms with Crippen LogP contribution in [0.15, 0.2) is 0 Å². The summed E-state index contributed by atoms with van der Waals surface area (Å²) < 4.78 is 0. The van der Waals surface area contributed by atoms with Crippen molar-refractivity contribution in [3.05, 3.63) is 0 Å². The van der Waals surface area contributed by atoms with Crippen LogP contribution in [0.3, 0.4) is 0 Å². The number of rotatable bonds is 6. The predicted molar refractivity (Wildman–Crippen MR) is 83.5 cm³/mol. The van der Waals surface area contributed by atoms with Crippen molar-refractivity contribution in [2.75, 3.05) is 19.6 Å². The SMILES string of the molecule is CCCCN(CC1CCCN1)C1CC(C)CCC1C. The van der Waals surface area contributed by atoms with Crippen molar-refractivity contribution in [1.82, 2.24) is 10.2 Å². The zero-order valence-corrected chi connectivity index (χ0v) is 13.3. The molecule has 112 valence electrons. The maximum atomic E-state index is 3.69. The molecular formula is C17H34N2. The Morgan fingerprint density at radius 3 is 2.68 bits per heavy atom. The molecule has 4 atom stereocenters. The third-order valence-electron chi connectivity index (χ3n) is 5.30. The van der Waals surface area contributed by atoms with E-state index in [9.17, 15) is 0 Å². The molecule has 1 aliphatic carbocycles. The van der Waals surface area contributed by atoms with Crippen LogP contribution in [0.25, 0.3) is 0 Å². The second kappa shape index (κ2) is 7.64. The average molecular weight is 266 g/mol. The smallest absolute Gasteiger partial charge is 0.0195 e. The highest BCUT2D eigenvalue weighted by Crippen LogP contribution is 2.32. The fourth-order valence-electron chi connectivity index (χ4n) is 3.96. The molecule has 0 aromatic rings. The lowest BCUT2D eigenvalue weighted by atomic mass is 9.79. The van der Waals surface area contributed by atoms with Crippen LogP contribution in [0.5, 0.6) is 0 Å². The van der Waals surface area contributed by atoms with Gasteiger partial charge in [-0.2, -0.15) is 0 Å². The number of nitrogens with one attached hydrogen (secondary N) is 1. The largest absolute Gasteiger partial charge is 0.313 e. The molecule has 4 unspecified atom stereocenters. The molecule has 2 nitrogen and oxygen atoms in total. The lowest BCUT2D eigenvalue weighted by Gasteiger charge is -2.42. The monoisotopic (exact) mass is 266 g/mol. The van der Waals surface area contributed by atoms with E-state index in [0.29, 0.717) is 0 Å². The summed E-state index contributed by atoms with van der Waals surface area (Å²) in [6.07, 6.45) is 9.77. The van der Waals surface area contributed by atoms with E-state index in [2.05, 4.69) is 31.0 Å². The Labute approximate surface area is 120 Å². The molecule has 0 aromatic heterocycles. The summed E-state index contributed by atoms with van der Waals surface area (Å²) >= 11 is 0. The van der Waals surface area contributed by atoms with E-state index >= 15 is 0 Å². The highest BCUT2D eigenvalue weighted by Gasteiger charge is 2.31. The predicted octanol–water partition coefficient (Wildman–Crippen LogP) is 3.67. The van der Waals surface area contributed by atoms with Gasteiger partial charge in [0.1, 0.15) is 0 Å². The minimum atomic E-state index is 0.765. The average Bonchev–Trinajstić information content (AvgIpc) is 2.90. The van der Waals surface area contributed by atoms with Crippen LogP contribution in [0.4, 0.5) is 0 Å². The van der Waals surface area contributed by atoms with Gasteiger partial charge in [-0.3, -0.25) is 4.90 Å². The molecule has 1 N–H and O–H groups in total. The van der Waals surface area contributed by atoms with Crippen LogP contribution < -0.4 is 5.32 Å². The van der Waals surface area contributed by atoms with Crippen LogP contribution in [-0.4, -0.2) is 36.6 Å². The second-order valence-corrected chi connectivity index (χ2v) is 7.10. The first-order valence-corrected chi connectivity index (χ1v) is 8.68. The summed E-state index contributed by atoms with van der Waals surface area (Å²) in [4.78, 5) is 2.84. The van der Waals surface area contributed by atoms with Crippen LogP contribution in [0.1, 0.15) is 65.7 Å². The molecule has 0 amide bonds. The van der Waals surface area contributed by atoms with Gasteiger partial charge in [-0.1, -0.05) is 33.6 Å². The lowest BCUT2D eigenvalue weighted by molar-refractivity contribution is 0.0816. The molecule has 0 aromatic carbocycles. The summed E-state index contributed by atoms with van der Waals surface area (Å²) in [7, 11) is 0. The van der Waals surface area contributed by atoms with Crippen LogP contribution in [0, 0.1) is 11.8 Å². The van der Waals surface area contributed by atoms with Crippen molar-refractivity contribution in [3.8, 4) is 0 Å². The number of nitrogens with zero attached hydrogens (tertiary/aromatic N) is 1. The molecule has 1 saturated heterocycles. The minimum absolute atomic E-state index is 0.765. The molecule has 1 aliphatic heterocycles. The quantitative estimate of drug-likeness (QED) is 0.789. The molecule has 0 spiro atoms. The Balaban J connectivity index is 1.93. The first-order chi connectivity index (χ1) is 9.20. The van der Waals surface area contributed by atoms with Crippen LogP contribution >= 0.6 is 0 Å². The van der Waals surface area contributed by atoms with Gasteiger partial charge in [-0.25, -0.2) is 0 Å². The Morgan fingerprint density at radius 2 is 2.00 bits per heavy atom. The normalized spacial score (nSPS) is 36.0. The van der Waals surface area contributed by atoms with Crippen LogP contribution in [0.2, 0.25) is 0 Å². The Bertz CT molecular complexity index is 248. The molecular weight excluding hydrogens is 232 g/mol. The van der Waals surface area contributed by atoms with Crippen molar-refractivity contribution < 1.29 is 0 Å². The van der Waals surface area contributed by atoms with Crippen molar-refractivity contribution in [2.24, 2.45) is 11.8 Å². The molecule has 19 heavy (non-hydrogen) atoms. The molecule has 2 aliphatic rings. The molecule has 0 bridgehead atoms. The Hall–Kier alpha value is -0.0800. The Morgan fingerprint density at radius 1 is 1.16 bits per heavy atom. The molecule has 1 saturated carbocycles. The zero-order chi connectivity index (χ0) is 13.7. The van der Waals surface area contributed by atoms with Crippen molar-refractivity contribution in [2.45, 2.75) is 77.8 Å². The van der Waals surface area contributed by atoms with E-state index in [1.54, 1.807) is 0 Å². The summed E-state index contributed by atoms with van der Waals surface area (Å²) in [5, 5.41) is 3.69. The van der Waals surface area contributed by atoms with Crippen molar-refractivity contribution in [1.29, 1.82) is 0 Å². The van der Waals surface area contributed by atoms with Gasteiger partial charge in [0.05, 0.1) is 0 Å². The highest BCUT2D eigenvalue weighted by molar-refractivity contribution is 4.87. The molecule has 2 heteroatoms. The molecule has 1 heterocycles. The number of hydrogen-bond acceptors (Lipinski definition) is 2. The van der Waals surface area contributed by atoms with E-state index in [0.717, 1.165) is 23.9 Å². The third-order valence-corrected chi connectivity index (χ3v) is 5.30. The second-order valence-electron chi connectivity index (χ2n) is 7.10. The fraction of sp³-hybridized carbons (Fsp3) is 1.00. The molecule has 2 fully saturated rings. The van der Waals surface area contributed by atoms with Crippen molar-refractivity contribution in [3.63, 3.8) is 0 Å². The maximum absolute atomic E-state index is 3.69. The van der Waals surface area contributed by atoms with E-state index in [-0.39, 0.29) is 0 Å². The van der Waals surface area contributed by atoms with E-state index in [4.69, 9.17) is 0 Å². The van der Waals surface area contributed by atoms with Gasteiger partial charge in [-0.15, -0.1) is 0 Å². The summed E-state index contributed by atoms with van der Waals surface area (Å²) in [5.74, 6) is 1.83. The first-order valence-electron chi connectivity index (χ1n) is 8.68. The maximum Gasteiger partial charge on any atom is 0.0195 e. The summed E-state index contributed by atoms with van der Waals surface area (Å²) in [6, 6.07) is 1.61. The lowest BCUT2D eigenvalue weighted by Crippen LogP contribution is -2.48. The van der Waals surface area contributed by atoms with Crippen molar-refractivity contribution >= 4 is 0 Å². The number of unbranched alkanes of at least 4 members (excludes halogenated alkanes) is 1. The first kappa shape index (κ1) is 15.3. The third kappa shape index (κ3) is 4.46. The number of hydrogen-bond donors (Lipinski definition) is 1. The molecule has 0 radical (unpaired) electrons. The molecule has 2 rings (SSSR count). The standard InChI is InChI=1S/C17H34N2/c1-4-5-11-19(13-16-7-6-10-18-16)17-12-14(2)8-9-15(17)3/h14-18H,4-13H2,1-3H3. The van der Waals surface area contributed by atoms with E-state index < -0.39 is 0 Å². The van der Waals surface area contributed by atoms with E-state index in [1.165, 1.54) is 64.6 Å². The van der Waals surface area contributed by atoms with Gasteiger partial charge in [0, 0.05) is 18.6 Å². The minimum Gasteiger partial charge on any atom is -0.313 e. The van der Waals surface area contributed by atoms with Gasteiger partial charge in [0.25, 0.3) is 0 Å². The van der Waals surface area contributed by atoms with Gasteiger partial charge in [-0.05, 0) is 57.0 Å². The highest BCUT2D eigenvalue weighted by atomic mass is 15.2. The Kier molecular flexibility index (Phi) is 6.15.